The first kappa shape index (κ1) is 9.96. The lowest BCUT2D eigenvalue weighted by Crippen LogP contribution is -2.49. The fraction of sp³-hybridized carbons (Fsp3) is 1.00. The number of nitrogens with one attached hydrogen (secondary N) is 1. The van der Waals surface area contributed by atoms with Gasteiger partial charge in [-0.2, -0.15) is 0 Å². The zero-order valence-electron chi connectivity index (χ0n) is 8.13. The Kier molecular flexibility index (Phi) is 3.09. The Morgan fingerprint density at radius 3 is 2.67 bits per heavy atom. The van der Waals surface area contributed by atoms with Crippen LogP contribution < -0.4 is 5.32 Å². The van der Waals surface area contributed by atoms with Crippen molar-refractivity contribution in [3.63, 3.8) is 0 Å². The van der Waals surface area contributed by atoms with Crippen LogP contribution in [0.5, 0.6) is 0 Å². The molecule has 3 nitrogen and oxygen atoms in total. The second kappa shape index (κ2) is 3.73. The monoisotopic (exact) mass is 173 g/mol. The molecule has 1 heterocycles. The van der Waals surface area contributed by atoms with Crippen LogP contribution in [-0.4, -0.2) is 36.5 Å². The maximum Gasteiger partial charge on any atom is 0.0976 e. The summed E-state index contributed by atoms with van der Waals surface area (Å²) in [7, 11) is 1.64. The number of aliphatic hydroxyl groups is 1. The quantitative estimate of drug-likeness (QED) is 0.654. The van der Waals surface area contributed by atoms with E-state index >= 15 is 0 Å². The van der Waals surface area contributed by atoms with Gasteiger partial charge in [0.15, 0.2) is 0 Å². The first-order chi connectivity index (χ1) is 5.58. The molecule has 0 saturated carbocycles. The SMILES string of the molecule is COC(C)(C)C(O)C1CCCN1. The largest absolute Gasteiger partial charge is 0.389 e. The molecule has 1 fully saturated rings. The van der Waals surface area contributed by atoms with E-state index in [1.165, 1.54) is 0 Å². The van der Waals surface area contributed by atoms with Gasteiger partial charge in [0.05, 0.1) is 11.7 Å². The number of aliphatic hydroxyl groups excluding tert-OH is 1. The standard InChI is InChI=1S/C9H19NO2/c1-9(2,12-3)8(11)7-5-4-6-10-7/h7-8,10-11H,4-6H2,1-3H3. The van der Waals surface area contributed by atoms with E-state index in [9.17, 15) is 5.11 Å². The Balaban J connectivity index is 2.50. The maximum absolute atomic E-state index is 9.89. The first-order valence-corrected chi connectivity index (χ1v) is 4.54. The molecule has 1 saturated heterocycles. The molecule has 0 bridgehead atoms. The lowest BCUT2D eigenvalue weighted by Gasteiger charge is -2.33. The minimum Gasteiger partial charge on any atom is -0.389 e. The van der Waals surface area contributed by atoms with Gasteiger partial charge in [0, 0.05) is 13.2 Å². The van der Waals surface area contributed by atoms with Crippen LogP contribution in [0.2, 0.25) is 0 Å². The summed E-state index contributed by atoms with van der Waals surface area (Å²) in [4.78, 5) is 0. The predicted octanol–water partition coefficient (Wildman–Crippen LogP) is 0.524. The van der Waals surface area contributed by atoms with E-state index in [4.69, 9.17) is 4.74 Å². The number of ether oxygens (including phenoxy) is 1. The summed E-state index contributed by atoms with van der Waals surface area (Å²) < 4.78 is 5.22. The van der Waals surface area contributed by atoms with E-state index < -0.39 is 11.7 Å². The summed E-state index contributed by atoms with van der Waals surface area (Å²) in [5, 5.41) is 13.2. The summed E-state index contributed by atoms with van der Waals surface area (Å²) in [6.45, 7) is 4.84. The first-order valence-electron chi connectivity index (χ1n) is 4.54. The van der Waals surface area contributed by atoms with Crippen molar-refractivity contribution in [1.82, 2.24) is 5.32 Å². The molecule has 0 amide bonds. The molecular formula is C9H19NO2. The molecule has 2 atom stereocenters. The van der Waals surface area contributed by atoms with E-state index in [2.05, 4.69) is 5.32 Å². The lowest BCUT2D eigenvalue weighted by molar-refractivity contribution is -0.0890. The van der Waals surface area contributed by atoms with E-state index in [-0.39, 0.29) is 6.04 Å². The van der Waals surface area contributed by atoms with Crippen LogP contribution in [0.25, 0.3) is 0 Å². The molecule has 2 N–H and O–H groups in total. The van der Waals surface area contributed by atoms with E-state index in [1.807, 2.05) is 13.8 Å². The second-order valence-electron chi connectivity index (χ2n) is 3.96. The van der Waals surface area contributed by atoms with Crippen molar-refractivity contribution in [3.05, 3.63) is 0 Å². The number of methoxy groups -OCH3 is 1. The van der Waals surface area contributed by atoms with Gasteiger partial charge in [0.1, 0.15) is 0 Å². The van der Waals surface area contributed by atoms with Gasteiger partial charge in [-0.3, -0.25) is 0 Å². The molecule has 1 aliphatic heterocycles. The van der Waals surface area contributed by atoms with Gasteiger partial charge in [-0.05, 0) is 33.2 Å². The van der Waals surface area contributed by atoms with Crippen molar-refractivity contribution in [3.8, 4) is 0 Å². The van der Waals surface area contributed by atoms with Crippen molar-refractivity contribution in [2.24, 2.45) is 0 Å². The normalized spacial score (nSPS) is 27.5. The highest BCUT2D eigenvalue weighted by Crippen LogP contribution is 2.21. The maximum atomic E-state index is 9.89. The minimum atomic E-state index is -0.442. The van der Waals surface area contributed by atoms with Crippen molar-refractivity contribution < 1.29 is 9.84 Å². The average Bonchev–Trinajstić information content (AvgIpc) is 2.55. The second-order valence-corrected chi connectivity index (χ2v) is 3.96. The highest BCUT2D eigenvalue weighted by atomic mass is 16.5. The molecule has 1 aliphatic rings. The fourth-order valence-corrected chi connectivity index (χ4v) is 1.59. The van der Waals surface area contributed by atoms with Gasteiger partial charge in [0.25, 0.3) is 0 Å². The summed E-state index contributed by atoms with van der Waals surface area (Å²) in [5.41, 5.74) is -0.442. The van der Waals surface area contributed by atoms with Crippen LogP contribution in [0.15, 0.2) is 0 Å². The Morgan fingerprint density at radius 2 is 2.25 bits per heavy atom. The molecule has 0 aliphatic carbocycles. The predicted molar refractivity (Wildman–Crippen MR) is 48.1 cm³/mol. The number of hydrogen-bond acceptors (Lipinski definition) is 3. The van der Waals surface area contributed by atoms with Gasteiger partial charge < -0.3 is 15.2 Å². The van der Waals surface area contributed by atoms with E-state index in [0.717, 1.165) is 19.4 Å². The third-order valence-corrected chi connectivity index (χ3v) is 2.72. The molecule has 72 valence electrons. The van der Waals surface area contributed by atoms with Crippen molar-refractivity contribution in [2.75, 3.05) is 13.7 Å². The Bertz CT molecular complexity index is 141. The molecule has 0 spiro atoms. The average molecular weight is 173 g/mol. The van der Waals surface area contributed by atoms with Crippen molar-refractivity contribution in [2.45, 2.75) is 44.4 Å². The molecular weight excluding hydrogens is 154 g/mol. The molecule has 1 rings (SSSR count). The number of hydrogen-bond donors (Lipinski definition) is 2. The Labute approximate surface area is 74.1 Å². The van der Waals surface area contributed by atoms with Crippen LogP contribution in [0.4, 0.5) is 0 Å². The summed E-state index contributed by atoms with van der Waals surface area (Å²) in [6, 6.07) is 0.208. The highest BCUT2D eigenvalue weighted by molar-refractivity contribution is 4.91. The topological polar surface area (TPSA) is 41.5 Å². The van der Waals surface area contributed by atoms with Gasteiger partial charge in [-0.1, -0.05) is 0 Å². The smallest absolute Gasteiger partial charge is 0.0976 e. The van der Waals surface area contributed by atoms with Gasteiger partial charge >= 0.3 is 0 Å². The third kappa shape index (κ3) is 1.97. The van der Waals surface area contributed by atoms with Crippen LogP contribution in [0.1, 0.15) is 26.7 Å². The number of rotatable bonds is 3. The van der Waals surface area contributed by atoms with E-state index in [0.29, 0.717) is 0 Å². The van der Waals surface area contributed by atoms with Gasteiger partial charge in [-0.15, -0.1) is 0 Å². The highest BCUT2D eigenvalue weighted by Gasteiger charge is 2.35. The molecule has 0 radical (unpaired) electrons. The van der Waals surface area contributed by atoms with Gasteiger partial charge in [0.2, 0.25) is 0 Å². The summed E-state index contributed by atoms with van der Waals surface area (Å²) in [5.74, 6) is 0. The van der Waals surface area contributed by atoms with Crippen molar-refractivity contribution >= 4 is 0 Å². The summed E-state index contributed by atoms with van der Waals surface area (Å²) >= 11 is 0. The third-order valence-electron chi connectivity index (χ3n) is 2.72. The minimum absolute atomic E-state index is 0.208. The van der Waals surface area contributed by atoms with Gasteiger partial charge in [-0.25, -0.2) is 0 Å². The zero-order valence-corrected chi connectivity index (χ0v) is 8.13. The van der Waals surface area contributed by atoms with Crippen molar-refractivity contribution in [1.29, 1.82) is 0 Å². The summed E-state index contributed by atoms with van der Waals surface area (Å²) in [6.07, 6.45) is 1.79. The molecule has 0 aromatic rings. The Hall–Kier alpha value is -0.120. The van der Waals surface area contributed by atoms with Crippen LogP contribution >= 0.6 is 0 Å². The van der Waals surface area contributed by atoms with Crippen LogP contribution in [-0.2, 0) is 4.74 Å². The van der Waals surface area contributed by atoms with Crippen LogP contribution in [0, 0.1) is 0 Å². The zero-order chi connectivity index (χ0) is 9.19. The van der Waals surface area contributed by atoms with Crippen LogP contribution in [0.3, 0.4) is 0 Å². The molecule has 12 heavy (non-hydrogen) atoms. The lowest BCUT2D eigenvalue weighted by atomic mass is 9.94. The Morgan fingerprint density at radius 1 is 1.58 bits per heavy atom. The molecule has 0 aromatic heterocycles. The molecule has 2 unspecified atom stereocenters. The fourth-order valence-electron chi connectivity index (χ4n) is 1.59. The van der Waals surface area contributed by atoms with E-state index in [1.54, 1.807) is 7.11 Å². The molecule has 0 aromatic carbocycles. The molecule has 3 heteroatoms.